The maximum absolute atomic E-state index is 10.2. The molecule has 0 aliphatic carbocycles. The maximum atomic E-state index is 10.2. The van der Waals surface area contributed by atoms with E-state index in [0.717, 1.165) is 31.2 Å². The molecule has 5 nitrogen and oxygen atoms in total. The molecule has 140 valence electrons. The summed E-state index contributed by atoms with van der Waals surface area (Å²) in [4.78, 5) is 7.15. The van der Waals surface area contributed by atoms with Crippen LogP contribution in [0.25, 0.3) is 0 Å². The number of likely N-dealkylation sites (tertiary alicyclic amines) is 1. The van der Waals surface area contributed by atoms with E-state index in [1.807, 2.05) is 30.3 Å². The van der Waals surface area contributed by atoms with Gasteiger partial charge in [0, 0.05) is 32.2 Å². The number of rotatable bonds is 8. The zero-order chi connectivity index (χ0) is 17.9. The molecule has 0 radical (unpaired) electrons. The van der Waals surface area contributed by atoms with E-state index in [1.54, 1.807) is 0 Å². The lowest BCUT2D eigenvalue weighted by Crippen LogP contribution is -2.45. The van der Waals surface area contributed by atoms with Crippen molar-refractivity contribution >= 4 is 5.96 Å². The zero-order valence-corrected chi connectivity index (χ0v) is 15.7. The Labute approximate surface area is 152 Å². The summed E-state index contributed by atoms with van der Waals surface area (Å²) in [7, 11) is 0. The van der Waals surface area contributed by atoms with Gasteiger partial charge < -0.3 is 15.7 Å². The predicted molar refractivity (Wildman–Crippen MR) is 105 cm³/mol. The van der Waals surface area contributed by atoms with Gasteiger partial charge in [0.15, 0.2) is 5.96 Å². The fraction of sp³-hybridized carbons (Fsp3) is 0.650. The summed E-state index contributed by atoms with van der Waals surface area (Å²) in [5.74, 6) is 0.840. The lowest BCUT2D eigenvalue weighted by molar-refractivity contribution is 0.163. The number of benzene rings is 1. The first-order chi connectivity index (χ1) is 12.2. The topological polar surface area (TPSA) is 59.9 Å². The predicted octanol–water partition coefficient (Wildman–Crippen LogP) is 2.54. The first-order valence-corrected chi connectivity index (χ1v) is 9.70. The molecule has 1 aromatic rings. The van der Waals surface area contributed by atoms with Crippen LogP contribution in [0.4, 0.5) is 0 Å². The first kappa shape index (κ1) is 19.7. The average molecular weight is 347 g/mol. The number of aliphatic hydroxyl groups is 1. The summed E-state index contributed by atoms with van der Waals surface area (Å²) in [5, 5.41) is 16.9. The van der Waals surface area contributed by atoms with Crippen molar-refractivity contribution < 1.29 is 5.11 Å². The van der Waals surface area contributed by atoms with Crippen molar-refractivity contribution in [3.05, 3.63) is 35.9 Å². The molecule has 1 aliphatic rings. The quantitative estimate of drug-likeness (QED) is 0.500. The average Bonchev–Trinajstić information content (AvgIpc) is 2.64. The Morgan fingerprint density at radius 2 is 2.08 bits per heavy atom. The number of aliphatic imine (C=N–C) groups is 1. The van der Waals surface area contributed by atoms with Crippen molar-refractivity contribution in [3.8, 4) is 0 Å². The van der Waals surface area contributed by atoms with Gasteiger partial charge in [-0.05, 0) is 45.2 Å². The third kappa shape index (κ3) is 7.04. The summed E-state index contributed by atoms with van der Waals surface area (Å²) in [6, 6.07) is 10.5. The Morgan fingerprint density at radius 1 is 1.28 bits per heavy atom. The third-order valence-electron chi connectivity index (χ3n) is 4.83. The Hall–Kier alpha value is -1.59. The van der Waals surface area contributed by atoms with E-state index < -0.39 is 6.10 Å². The van der Waals surface area contributed by atoms with E-state index >= 15 is 0 Å². The minimum atomic E-state index is -0.456. The highest BCUT2D eigenvalue weighted by atomic mass is 16.3. The van der Waals surface area contributed by atoms with E-state index in [4.69, 9.17) is 0 Å². The molecule has 0 aromatic heterocycles. The normalized spacial score (nSPS) is 20.3. The number of nitrogens with one attached hydrogen (secondary N) is 2. The van der Waals surface area contributed by atoms with Crippen molar-refractivity contribution in [1.82, 2.24) is 15.5 Å². The van der Waals surface area contributed by atoms with E-state index in [1.165, 1.54) is 25.8 Å². The number of hydrogen-bond donors (Lipinski definition) is 3. The van der Waals surface area contributed by atoms with Crippen molar-refractivity contribution in [2.75, 3.05) is 32.7 Å². The largest absolute Gasteiger partial charge is 0.388 e. The number of piperidine rings is 1. The van der Waals surface area contributed by atoms with Crippen LogP contribution in [0.2, 0.25) is 0 Å². The first-order valence-electron chi connectivity index (χ1n) is 9.70. The lowest BCUT2D eigenvalue weighted by Gasteiger charge is -2.33. The molecule has 2 rings (SSSR count). The van der Waals surface area contributed by atoms with Crippen molar-refractivity contribution in [2.45, 2.75) is 51.7 Å². The standard InChI is InChI=1S/C20H34N4O/c1-3-21-20(23-14-16-24-15-8-7-9-17(24)2)22-13-12-19(25)18-10-5-4-6-11-18/h4-6,10-11,17,19,25H,3,7-9,12-16H2,1-2H3,(H2,21,22,23). The van der Waals surface area contributed by atoms with Crippen LogP contribution < -0.4 is 10.6 Å². The molecule has 1 aliphatic heterocycles. The van der Waals surface area contributed by atoms with Gasteiger partial charge in [-0.15, -0.1) is 0 Å². The van der Waals surface area contributed by atoms with Crippen molar-refractivity contribution in [3.63, 3.8) is 0 Å². The monoisotopic (exact) mass is 346 g/mol. The lowest BCUT2D eigenvalue weighted by atomic mass is 10.0. The summed E-state index contributed by atoms with van der Waals surface area (Å²) in [6.07, 6.45) is 4.16. The Balaban J connectivity index is 1.73. The Kier molecular flexibility index (Phi) is 8.77. The van der Waals surface area contributed by atoms with Crippen LogP contribution in [0.1, 0.15) is 51.2 Å². The summed E-state index contributed by atoms with van der Waals surface area (Å²) < 4.78 is 0. The highest BCUT2D eigenvalue weighted by Crippen LogP contribution is 2.16. The minimum Gasteiger partial charge on any atom is -0.388 e. The molecule has 0 saturated carbocycles. The van der Waals surface area contributed by atoms with E-state index in [0.29, 0.717) is 19.0 Å². The Morgan fingerprint density at radius 3 is 2.80 bits per heavy atom. The molecular weight excluding hydrogens is 312 g/mol. The van der Waals surface area contributed by atoms with Crippen LogP contribution in [-0.4, -0.2) is 54.7 Å². The van der Waals surface area contributed by atoms with Crippen molar-refractivity contribution in [1.29, 1.82) is 0 Å². The molecule has 2 unspecified atom stereocenters. The molecule has 3 N–H and O–H groups in total. The third-order valence-corrected chi connectivity index (χ3v) is 4.83. The highest BCUT2D eigenvalue weighted by molar-refractivity contribution is 5.79. The van der Waals surface area contributed by atoms with Gasteiger partial charge in [-0.3, -0.25) is 9.89 Å². The summed E-state index contributed by atoms with van der Waals surface area (Å²) >= 11 is 0. The van der Waals surface area contributed by atoms with Gasteiger partial charge in [0.05, 0.1) is 6.10 Å². The molecule has 0 spiro atoms. The molecule has 2 atom stereocenters. The van der Waals surface area contributed by atoms with Crippen LogP contribution in [0.15, 0.2) is 35.3 Å². The molecular formula is C20H34N4O. The smallest absolute Gasteiger partial charge is 0.191 e. The minimum absolute atomic E-state index is 0.456. The fourth-order valence-corrected chi connectivity index (χ4v) is 3.29. The van der Waals surface area contributed by atoms with Gasteiger partial charge in [-0.2, -0.15) is 0 Å². The molecule has 5 heteroatoms. The second-order valence-corrected chi connectivity index (χ2v) is 6.78. The van der Waals surface area contributed by atoms with Gasteiger partial charge in [0.2, 0.25) is 0 Å². The molecule has 0 bridgehead atoms. The zero-order valence-electron chi connectivity index (χ0n) is 15.7. The van der Waals surface area contributed by atoms with E-state index in [2.05, 4.69) is 34.4 Å². The van der Waals surface area contributed by atoms with Crippen LogP contribution in [0, 0.1) is 0 Å². The van der Waals surface area contributed by atoms with Gasteiger partial charge >= 0.3 is 0 Å². The van der Waals surface area contributed by atoms with E-state index in [9.17, 15) is 5.11 Å². The summed E-state index contributed by atoms with van der Waals surface area (Å²) in [5.41, 5.74) is 0.953. The molecule has 0 amide bonds. The number of aliphatic hydroxyl groups excluding tert-OH is 1. The Bertz CT molecular complexity index is 506. The van der Waals surface area contributed by atoms with Gasteiger partial charge in [0.25, 0.3) is 0 Å². The van der Waals surface area contributed by atoms with Crippen LogP contribution in [0.5, 0.6) is 0 Å². The molecule has 1 heterocycles. The molecule has 1 aromatic carbocycles. The van der Waals surface area contributed by atoms with Gasteiger partial charge in [-0.25, -0.2) is 0 Å². The van der Waals surface area contributed by atoms with E-state index in [-0.39, 0.29) is 0 Å². The number of hydrogen-bond acceptors (Lipinski definition) is 3. The van der Waals surface area contributed by atoms with Crippen molar-refractivity contribution in [2.24, 2.45) is 4.99 Å². The number of nitrogens with zero attached hydrogens (tertiary/aromatic N) is 2. The second kappa shape index (κ2) is 11.1. The second-order valence-electron chi connectivity index (χ2n) is 6.78. The fourth-order valence-electron chi connectivity index (χ4n) is 3.29. The maximum Gasteiger partial charge on any atom is 0.191 e. The van der Waals surface area contributed by atoms with Crippen LogP contribution >= 0.6 is 0 Å². The molecule has 1 saturated heterocycles. The SMILES string of the molecule is CCNC(=NCCC(O)c1ccccc1)NCCN1CCCCC1C. The van der Waals surface area contributed by atoms with Gasteiger partial charge in [0.1, 0.15) is 0 Å². The molecule has 25 heavy (non-hydrogen) atoms. The summed E-state index contributed by atoms with van der Waals surface area (Å²) in [6.45, 7) is 9.00. The number of guanidine groups is 1. The van der Waals surface area contributed by atoms with Gasteiger partial charge in [-0.1, -0.05) is 36.8 Å². The van der Waals surface area contributed by atoms with Crippen LogP contribution in [0.3, 0.4) is 0 Å². The highest BCUT2D eigenvalue weighted by Gasteiger charge is 2.17. The van der Waals surface area contributed by atoms with Crippen LogP contribution in [-0.2, 0) is 0 Å². The molecule has 1 fully saturated rings.